The Morgan fingerprint density at radius 2 is 2.04 bits per heavy atom. The molecule has 5 nitrogen and oxygen atoms in total. The Kier molecular flexibility index (Phi) is 5.24. The van der Waals surface area contributed by atoms with Crippen molar-refractivity contribution < 1.29 is 9.32 Å². The van der Waals surface area contributed by atoms with Crippen LogP contribution >= 0.6 is 0 Å². The van der Waals surface area contributed by atoms with E-state index < -0.39 is 0 Å². The van der Waals surface area contributed by atoms with E-state index in [-0.39, 0.29) is 11.8 Å². The Morgan fingerprint density at radius 3 is 2.79 bits per heavy atom. The molecule has 1 saturated heterocycles. The first kappa shape index (κ1) is 18.4. The summed E-state index contributed by atoms with van der Waals surface area (Å²) >= 11 is 0. The fourth-order valence-electron chi connectivity index (χ4n) is 3.73. The van der Waals surface area contributed by atoms with E-state index in [1.807, 2.05) is 60.4 Å². The number of hydrogen-bond acceptors (Lipinski definition) is 4. The second kappa shape index (κ2) is 7.97. The van der Waals surface area contributed by atoms with Gasteiger partial charge in [-0.1, -0.05) is 48.0 Å². The molecule has 3 aromatic rings. The van der Waals surface area contributed by atoms with E-state index in [2.05, 4.69) is 17.1 Å². The van der Waals surface area contributed by atoms with E-state index in [9.17, 15) is 4.79 Å². The Labute approximate surface area is 165 Å². The number of hydrogen-bond donors (Lipinski definition) is 0. The molecule has 1 aliphatic heterocycles. The van der Waals surface area contributed by atoms with Crippen molar-refractivity contribution in [2.45, 2.75) is 39.0 Å². The molecule has 0 radical (unpaired) electrons. The van der Waals surface area contributed by atoms with Crippen molar-refractivity contribution >= 4 is 5.91 Å². The van der Waals surface area contributed by atoms with Crippen LogP contribution in [0.3, 0.4) is 0 Å². The average molecular weight is 375 g/mol. The molecule has 1 aliphatic rings. The number of carbonyl (C=O) groups excluding carboxylic acids is 1. The second-order valence-corrected chi connectivity index (χ2v) is 7.47. The number of likely N-dealkylation sites (tertiary alicyclic amines) is 1. The monoisotopic (exact) mass is 375 g/mol. The SMILES string of the molecule is CCc1ccc(C(=O)N2CCC[C@H](c3nc(-c4cccc(C)c4)no3)C2)cc1. The minimum Gasteiger partial charge on any atom is -0.339 e. The van der Waals surface area contributed by atoms with Gasteiger partial charge >= 0.3 is 0 Å². The fraction of sp³-hybridized carbons (Fsp3) is 0.348. The van der Waals surface area contributed by atoms with E-state index in [1.54, 1.807) is 0 Å². The van der Waals surface area contributed by atoms with Crippen LogP contribution in [0.25, 0.3) is 11.4 Å². The van der Waals surface area contributed by atoms with Crippen molar-refractivity contribution in [1.82, 2.24) is 15.0 Å². The summed E-state index contributed by atoms with van der Waals surface area (Å²) in [7, 11) is 0. The van der Waals surface area contributed by atoms with Gasteiger partial charge in [-0.2, -0.15) is 4.98 Å². The highest BCUT2D eigenvalue weighted by atomic mass is 16.5. The number of nitrogens with zero attached hydrogens (tertiary/aromatic N) is 3. The van der Waals surface area contributed by atoms with Gasteiger partial charge in [0.2, 0.25) is 11.7 Å². The van der Waals surface area contributed by atoms with Crippen LogP contribution in [-0.4, -0.2) is 34.0 Å². The maximum absolute atomic E-state index is 12.9. The summed E-state index contributed by atoms with van der Waals surface area (Å²) < 4.78 is 5.56. The van der Waals surface area contributed by atoms with Crippen molar-refractivity contribution in [3.63, 3.8) is 0 Å². The number of rotatable bonds is 4. The molecule has 2 heterocycles. The number of carbonyl (C=O) groups is 1. The normalized spacial score (nSPS) is 16.9. The Balaban J connectivity index is 1.48. The molecule has 0 N–H and O–H groups in total. The van der Waals surface area contributed by atoms with Gasteiger partial charge in [0.1, 0.15) is 0 Å². The molecule has 0 saturated carbocycles. The lowest BCUT2D eigenvalue weighted by atomic mass is 9.97. The number of benzene rings is 2. The van der Waals surface area contributed by atoms with Crippen LogP contribution in [0.4, 0.5) is 0 Å². The fourth-order valence-corrected chi connectivity index (χ4v) is 3.73. The quantitative estimate of drug-likeness (QED) is 0.667. The summed E-state index contributed by atoms with van der Waals surface area (Å²) in [6, 6.07) is 16.0. The molecular formula is C23H25N3O2. The Bertz CT molecular complexity index is 962. The van der Waals surface area contributed by atoms with E-state index in [1.165, 1.54) is 5.56 Å². The van der Waals surface area contributed by atoms with Crippen LogP contribution in [0.15, 0.2) is 53.1 Å². The molecule has 0 spiro atoms. The van der Waals surface area contributed by atoms with Crippen LogP contribution in [0, 0.1) is 6.92 Å². The van der Waals surface area contributed by atoms with Crippen molar-refractivity contribution in [3.8, 4) is 11.4 Å². The number of aryl methyl sites for hydroxylation is 2. The van der Waals surface area contributed by atoms with Crippen molar-refractivity contribution in [2.75, 3.05) is 13.1 Å². The second-order valence-electron chi connectivity index (χ2n) is 7.47. The zero-order valence-corrected chi connectivity index (χ0v) is 16.4. The molecule has 0 aliphatic carbocycles. The minimum atomic E-state index is 0.0748. The highest BCUT2D eigenvalue weighted by Crippen LogP contribution is 2.28. The summed E-state index contributed by atoms with van der Waals surface area (Å²) in [6.07, 6.45) is 2.86. The van der Waals surface area contributed by atoms with E-state index >= 15 is 0 Å². The summed E-state index contributed by atoms with van der Waals surface area (Å²) in [5.41, 5.74) is 4.09. The minimum absolute atomic E-state index is 0.0748. The molecule has 5 heteroatoms. The third-order valence-electron chi connectivity index (χ3n) is 5.38. The topological polar surface area (TPSA) is 59.2 Å². The first-order chi connectivity index (χ1) is 13.6. The maximum atomic E-state index is 12.9. The van der Waals surface area contributed by atoms with Crippen LogP contribution in [0.5, 0.6) is 0 Å². The Morgan fingerprint density at radius 1 is 1.21 bits per heavy atom. The molecule has 4 rings (SSSR count). The summed E-state index contributed by atoms with van der Waals surface area (Å²) in [6.45, 7) is 5.54. The van der Waals surface area contributed by atoms with Crippen molar-refractivity contribution in [1.29, 1.82) is 0 Å². The van der Waals surface area contributed by atoms with Gasteiger partial charge in [-0.05, 0) is 49.9 Å². The zero-order valence-electron chi connectivity index (χ0n) is 16.4. The van der Waals surface area contributed by atoms with Gasteiger partial charge in [-0.25, -0.2) is 0 Å². The first-order valence-electron chi connectivity index (χ1n) is 9.93. The van der Waals surface area contributed by atoms with Gasteiger partial charge in [0.05, 0.1) is 5.92 Å². The van der Waals surface area contributed by atoms with Crippen molar-refractivity contribution in [2.24, 2.45) is 0 Å². The summed E-state index contributed by atoms with van der Waals surface area (Å²) in [4.78, 5) is 19.4. The number of piperidine rings is 1. The molecule has 1 aromatic heterocycles. The molecule has 0 bridgehead atoms. The van der Waals surface area contributed by atoms with Crippen LogP contribution in [0.1, 0.15) is 53.1 Å². The lowest BCUT2D eigenvalue weighted by molar-refractivity contribution is 0.0695. The van der Waals surface area contributed by atoms with E-state index in [0.717, 1.165) is 42.5 Å². The predicted molar refractivity (Wildman–Crippen MR) is 108 cm³/mol. The van der Waals surface area contributed by atoms with Gasteiger partial charge in [0.15, 0.2) is 0 Å². The number of aromatic nitrogens is 2. The summed E-state index contributed by atoms with van der Waals surface area (Å²) in [5, 5.41) is 4.16. The summed E-state index contributed by atoms with van der Waals surface area (Å²) in [5.74, 6) is 1.39. The van der Waals surface area contributed by atoms with E-state index in [4.69, 9.17) is 4.52 Å². The molecule has 0 unspecified atom stereocenters. The molecule has 1 fully saturated rings. The largest absolute Gasteiger partial charge is 0.339 e. The third-order valence-corrected chi connectivity index (χ3v) is 5.38. The maximum Gasteiger partial charge on any atom is 0.253 e. The standard InChI is InChI=1S/C23H25N3O2/c1-3-17-9-11-18(12-10-17)23(27)26-13-5-8-20(15-26)22-24-21(25-28-22)19-7-4-6-16(2)14-19/h4,6-7,9-12,14,20H,3,5,8,13,15H2,1-2H3/t20-/m0/s1. The molecular weight excluding hydrogens is 350 g/mol. The lowest BCUT2D eigenvalue weighted by Gasteiger charge is -2.31. The van der Waals surface area contributed by atoms with Crippen LogP contribution in [-0.2, 0) is 6.42 Å². The highest BCUT2D eigenvalue weighted by Gasteiger charge is 2.29. The van der Waals surface area contributed by atoms with E-state index in [0.29, 0.717) is 18.3 Å². The third kappa shape index (κ3) is 3.84. The predicted octanol–water partition coefficient (Wildman–Crippen LogP) is 4.63. The Hall–Kier alpha value is -2.95. The molecule has 1 amide bonds. The molecule has 1 atom stereocenters. The van der Waals surface area contributed by atoms with Gasteiger partial charge in [0.25, 0.3) is 5.91 Å². The molecule has 28 heavy (non-hydrogen) atoms. The lowest BCUT2D eigenvalue weighted by Crippen LogP contribution is -2.39. The van der Waals surface area contributed by atoms with Gasteiger partial charge in [0, 0.05) is 24.2 Å². The van der Waals surface area contributed by atoms with Crippen LogP contribution in [0.2, 0.25) is 0 Å². The van der Waals surface area contributed by atoms with Gasteiger partial charge in [-0.3, -0.25) is 4.79 Å². The molecule has 2 aromatic carbocycles. The van der Waals surface area contributed by atoms with Gasteiger partial charge < -0.3 is 9.42 Å². The van der Waals surface area contributed by atoms with Gasteiger partial charge in [-0.15, -0.1) is 0 Å². The van der Waals surface area contributed by atoms with Crippen molar-refractivity contribution in [3.05, 3.63) is 71.1 Å². The highest BCUT2D eigenvalue weighted by molar-refractivity contribution is 5.94. The van der Waals surface area contributed by atoms with Crippen LogP contribution < -0.4 is 0 Å². The number of amides is 1. The first-order valence-corrected chi connectivity index (χ1v) is 9.93. The smallest absolute Gasteiger partial charge is 0.253 e. The zero-order chi connectivity index (χ0) is 19.5. The molecule has 144 valence electrons. The average Bonchev–Trinajstić information content (AvgIpc) is 3.24.